The highest BCUT2D eigenvalue weighted by molar-refractivity contribution is 5.52. The smallest absolute Gasteiger partial charge is 0.122 e. The maximum Gasteiger partial charge on any atom is 0.122 e. The molecule has 4 saturated carbocycles. The second-order valence-electron chi connectivity index (χ2n) is 12.3. The second kappa shape index (κ2) is 8.29. The maximum absolute atomic E-state index is 10.9. The first kappa shape index (κ1) is 21.8. The van der Waals surface area contributed by atoms with E-state index in [1.54, 1.807) is 0 Å². The highest BCUT2D eigenvalue weighted by atomic mass is 16.3. The summed E-state index contributed by atoms with van der Waals surface area (Å²) in [5.74, 6) is 5.48. The molecule has 166 valence electrons. The number of aliphatic hydroxyl groups is 1. The number of fused-ring (bicyclic) bond motifs is 5. The van der Waals surface area contributed by atoms with Crippen LogP contribution >= 0.6 is 0 Å². The van der Waals surface area contributed by atoms with Gasteiger partial charge in [-0.2, -0.15) is 0 Å². The van der Waals surface area contributed by atoms with Crippen molar-refractivity contribution in [1.29, 1.82) is 0 Å². The van der Waals surface area contributed by atoms with Gasteiger partial charge in [0, 0.05) is 5.92 Å². The van der Waals surface area contributed by atoms with Gasteiger partial charge in [0.25, 0.3) is 0 Å². The highest BCUT2D eigenvalue weighted by Crippen LogP contribution is 2.68. The van der Waals surface area contributed by atoms with Gasteiger partial charge in [-0.05, 0) is 111 Å². The van der Waals surface area contributed by atoms with Crippen molar-refractivity contribution in [2.75, 3.05) is 0 Å². The second-order valence-corrected chi connectivity index (χ2v) is 12.3. The lowest BCUT2D eigenvalue weighted by Gasteiger charge is -2.61. The van der Waals surface area contributed by atoms with Crippen LogP contribution in [0.5, 0.6) is 0 Å². The van der Waals surface area contributed by atoms with E-state index in [0.29, 0.717) is 10.8 Å². The third-order valence-corrected chi connectivity index (χ3v) is 10.9. The van der Waals surface area contributed by atoms with E-state index in [0.717, 1.165) is 61.1 Å². The van der Waals surface area contributed by atoms with Crippen molar-refractivity contribution in [1.82, 2.24) is 0 Å². The van der Waals surface area contributed by atoms with Crippen molar-refractivity contribution in [3.63, 3.8) is 0 Å². The molecule has 4 fully saturated rings. The van der Waals surface area contributed by atoms with E-state index in [1.807, 2.05) is 0 Å². The molecule has 0 aromatic heterocycles. The normalized spacial score (nSPS) is 48.9. The Bertz CT molecular complexity index is 587. The minimum absolute atomic E-state index is 0.0304. The molecular formula is C27H46O2. The summed E-state index contributed by atoms with van der Waals surface area (Å²) in [4.78, 5) is 10.9. The average Bonchev–Trinajstić information content (AvgIpc) is 3.05. The van der Waals surface area contributed by atoms with Gasteiger partial charge in [0.05, 0.1) is 6.10 Å². The first-order valence-electron chi connectivity index (χ1n) is 12.9. The van der Waals surface area contributed by atoms with Crippen LogP contribution in [0.15, 0.2) is 0 Å². The fourth-order valence-electron chi connectivity index (χ4n) is 9.24. The van der Waals surface area contributed by atoms with Gasteiger partial charge in [-0.1, -0.05) is 40.5 Å². The van der Waals surface area contributed by atoms with Crippen molar-refractivity contribution in [2.24, 2.45) is 52.3 Å². The van der Waals surface area contributed by atoms with Crippen molar-refractivity contribution < 1.29 is 9.90 Å². The largest absolute Gasteiger partial charge is 0.393 e. The van der Waals surface area contributed by atoms with Crippen LogP contribution in [0.3, 0.4) is 0 Å². The number of carbonyl (C=O) groups is 1. The quantitative estimate of drug-likeness (QED) is 0.505. The van der Waals surface area contributed by atoms with Crippen LogP contribution in [0.1, 0.15) is 105 Å². The van der Waals surface area contributed by atoms with Gasteiger partial charge in [0.15, 0.2) is 0 Å². The van der Waals surface area contributed by atoms with Gasteiger partial charge in [-0.3, -0.25) is 0 Å². The molecule has 0 radical (unpaired) electrons. The molecule has 0 amide bonds. The van der Waals surface area contributed by atoms with Crippen molar-refractivity contribution in [2.45, 2.75) is 111 Å². The molecule has 2 nitrogen and oxygen atoms in total. The van der Waals surface area contributed by atoms with E-state index in [-0.39, 0.29) is 12.0 Å². The highest BCUT2D eigenvalue weighted by Gasteiger charge is 2.60. The van der Waals surface area contributed by atoms with Crippen LogP contribution in [0.4, 0.5) is 0 Å². The van der Waals surface area contributed by atoms with Crippen molar-refractivity contribution >= 4 is 6.29 Å². The van der Waals surface area contributed by atoms with Gasteiger partial charge < -0.3 is 9.90 Å². The van der Waals surface area contributed by atoms with E-state index in [1.165, 1.54) is 57.8 Å². The molecule has 1 N–H and O–H groups in total. The Kier molecular flexibility index (Phi) is 6.24. The molecule has 10 atom stereocenters. The molecule has 0 saturated heterocycles. The summed E-state index contributed by atoms with van der Waals surface area (Å²) < 4.78 is 0. The van der Waals surface area contributed by atoms with E-state index in [4.69, 9.17) is 0 Å². The predicted molar refractivity (Wildman–Crippen MR) is 119 cm³/mol. The molecule has 0 aromatic rings. The van der Waals surface area contributed by atoms with Gasteiger partial charge in [-0.15, -0.1) is 0 Å². The summed E-state index contributed by atoms with van der Waals surface area (Å²) in [6, 6.07) is 0. The Labute approximate surface area is 179 Å². The summed E-state index contributed by atoms with van der Waals surface area (Å²) >= 11 is 0. The number of hydrogen-bond donors (Lipinski definition) is 1. The Morgan fingerprint density at radius 3 is 2.41 bits per heavy atom. The zero-order chi connectivity index (χ0) is 20.8. The Balaban J connectivity index is 1.44. The first-order valence-corrected chi connectivity index (χ1v) is 12.9. The molecule has 0 spiro atoms. The van der Waals surface area contributed by atoms with Crippen LogP contribution in [0, 0.1) is 52.3 Å². The Morgan fingerprint density at radius 1 is 0.931 bits per heavy atom. The van der Waals surface area contributed by atoms with Crippen LogP contribution in [0.2, 0.25) is 0 Å². The molecule has 4 aliphatic rings. The number of aldehydes is 1. The minimum Gasteiger partial charge on any atom is -0.393 e. The van der Waals surface area contributed by atoms with Crippen molar-refractivity contribution in [3.8, 4) is 0 Å². The molecule has 4 rings (SSSR count). The molecule has 0 aromatic carbocycles. The lowest BCUT2D eigenvalue weighted by atomic mass is 9.44. The van der Waals surface area contributed by atoms with E-state index in [9.17, 15) is 9.90 Å². The number of aliphatic hydroxyl groups excluding tert-OH is 1. The minimum atomic E-state index is -0.0304. The molecule has 0 bridgehead atoms. The summed E-state index contributed by atoms with van der Waals surface area (Å²) in [5.41, 5.74) is 1.05. The van der Waals surface area contributed by atoms with Crippen LogP contribution < -0.4 is 0 Å². The SMILES string of the molecule is CC(C=O)CCC[C@@H](C)[C@H]1CC[C@H]2[C@@H]3CC[C@@H]4C[C@H](O)CC[C@]4(C)[C@H]3CC[C@]12C. The fourth-order valence-corrected chi connectivity index (χ4v) is 9.24. The number of rotatable bonds is 6. The molecule has 0 heterocycles. The van der Waals surface area contributed by atoms with Crippen molar-refractivity contribution in [3.05, 3.63) is 0 Å². The Morgan fingerprint density at radius 2 is 1.66 bits per heavy atom. The zero-order valence-electron chi connectivity index (χ0n) is 19.5. The average molecular weight is 403 g/mol. The van der Waals surface area contributed by atoms with E-state index in [2.05, 4.69) is 27.7 Å². The summed E-state index contributed by atoms with van der Waals surface area (Å²) in [7, 11) is 0. The van der Waals surface area contributed by atoms with Gasteiger partial charge in [0.1, 0.15) is 6.29 Å². The van der Waals surface area contributed by atoms with Gasteiger partial charge >= 0.3 is 0 Å². The summed E-state index contributed by atoms with van der Waals surface area (Å²) in [5, 5.41) is 10.2. The van der Waals surface area contributed by atoms with E-state index >= 15 is 0 Å². The van der Waals surface area contributed by atoms with Crippen LogP contribution in [0.25, 0.3) is 0 Å². The predicted octanol–water partition coefficient (Wildman–Crippen LogP) is 6.65. The molecular weight excluding hydrogens is 356 g/mol. The number of carbonyl (C=O) groups excluding carboxylic acids is 1. The van der Waals surface area contributed by atoms with Crippen LogP contribution in [-0.2, 0) is 4.79 Å². The maximum atomic E-state index is 10.9. The lowest BCUT2D eigenvalue weighted by Crippen LogP contribution is -2.54. The molecule has 2 heteroatoms. The summed E-state index contributed by atoms with van der Waals surface area (Å²) in [6.45, 7) is 9.84. The van der Waals surface area contributed by atoms with Gasteiger partial charge in [0.2, 0.25) is 0 Å². The third kappa shape index (κ3) is 3.74. The zero-order valence-corrected chi connectivity index (χ0v) is 19.5. The monoisotopic (exact) mass is 402 g/mol. The third-order valence-electron chi connectivity index (χ3n) is 10.9. The van der Waals surface area contributed by atoms with Crippen LogP contribution in [-0.4, -0.2) is 17.5 Å². The Hall–Kier alpha value is -0.370. The topological polar surface area (TPSA) is 37.3 Å². The lowest BCUT2D eigenvalue weighted by molar-refractivity contribution is -0.129. The molecule has 4 aliphatic carbocycles. The van der Waals surface area contributed by atoms with E-state index < -0.39 is 0 Å². The number of hydrogen-bond acceptors (Lipinski definition) is 2. The van der Waals surface area contributed by atoms with Gasteiger partial charge in [-0.25, -0.2) is 0 Å². The fraction of sp³-hybridized carbons (Fsp3) is 0.963. The molecule has 0 aliphatic heterocycles. The summed E-state index contributed by atoms with van der Waals surface area (Å²) in [6.07, 6.45) is 16.6. The molecule has 1 unspecified atom stereocenters. The first-order chi connectivity index (χ1) is 13.8. The molecule has 29 heavy (non-hydrogen) atoms. The standard InChI is InChI=1S/C27H46O2/c1-18(17-28)6-5-7-19(2)23-10-11-24-22-9-8-20-16-21(29)12-14-26(20,3)25(22)13-15-27(23,24)4/h17-25,29H,5-16H2,1-4H3/t18?,19-,20-,21-,22+,23-,24+,25+,26+,27-/m1/s1.